The van der Waals surface area contributed by atoms with Crippen LogP contribution in [0, 0.1) is 11.7 Å². The van der Waals surface area contributed by atoms with Crippen LogP contribution in [0.3, 0.4) is 0 Å². The lowest BCUT2D eigenvalue weighted by atomic mass is 10.0. The van der Waals surface area contributed by atoms with Crippen LogP contribution in [0.1, 0.15) is 30.0 Å². The summed E-state index contributed by atoms with van der Waals surface area (Å²) in [5.41, 5.74) is 7.23. The van der Waals surface area contributed by atoms with Crippen LogP contribution in [0.2, 0.25) is 0 Å². The monoisotopic (exact) mass is 195 g/mol. The first-order valence-corrected chi connectivity index (χ1v) is 4.87. The third-order valence-electron chi connectivity index (χ3n) is 2.75. The summed E-state index contributed by atoms with van der Waals surface area (Å²) in [5, 5.41) is 8.90. The average molecular weight is 195 g/mol. The van der Waals surface area contributed by atoms with Gasteiger partial charge < -0.3 is 10.8 Å². The van der Waals surface area contributed by atoms with Crippen LogP contribution >= 0.6 is 0 Å². The molecule has 1 fully saturated rings. The zero-order valence-electron chi connectivity index (χ0n) is 7.91. The molecule has 1 aromatic carbocycles. The second-order valence-corrected chi connectivity index (χ2v) is 3.87. The molecule has 0 radical (unpaired) electrons. The van der Waals surface area contributed by atoms with Gasteiger partial charge in [-0.15, -0.1) is 0 Å². The number of aliphatic hydroxyl groups is 1. The van der Waals surface area contributed by atoms with Crippen LogP contribution in [0.25, 0.3) is 0 Å². The van der Waals surface area contributed by atoms with Crippen molar-refractivity contribution in [1.82, 2.24) is 0 Å². The summed E-state index contributed by atoms with van der Waals surface area (Å²) in [6.07, 6.45) is 2.32. The van der Waals surface area contributed by atoms with Gasteiger partial charge in [-0.05, 0) is 36.5 Å². The van der Waals surface area contributed by atoms with Crippen molar-refractivity contribution >= 4 is 0 Å². The Morgan fingerprint density at radius 3 is 2.79 bits per heavy atom. The predicted molar refractivity (Wildman–Crippen MR) is 52.0 cm³/mol. The fourth-order valence-electron chi connectivity index (χ4n) is 1.65. The summed E-state index contributed by atoms with van der Waals surface area (Å²) in [7, 11) is 0. The van der Waals surface area contributed by atoms with E-state index in [1.165, 1.54) is 6.07 Å². The van der Waals surface area contributed by atoms with E-state index in [-0.39, 0.29) is 18.5 Å². The van der Waals surface area contributed by atoms with E-state index >= 15 is 0 Å². The summed E-state index contributed by atoms with van der Waals surface area (Å²) < 4.78 is 13.0. The highest BCUT2D eigenvalue weighted by Crippen LogP contribution is 2.39. The van der Waals surface area contributed by atoms with Crippen LogP contribution in [0.5, 0.6) is 0 Å². The number of hydrogen-bond acceptors (Lipinski definition) is 2. The van der Waals surface area contributed by atoms with Gasteiger partial charge in [0.2, 0.25) is 0 Å². The lowest BCUT2D eigenvalue weighted by Gasteiger charge is -2.11. The van der Waals surface area contributed by atoms with E-state index in [2.05, 4.69) is 0 Å². The first-order valence-electron chi connectivity index (χ1n) is 4.87. The highest BCUT2D eigenvalue weighted by atomic mass is 19.1. The number of halogens is 1. The molecule has 3 heteroatoms. The molecule has 3 N–H and O–H groups in total. The van der Waals surface area contributed by atoms with Crippen molar-refractivity contribution in [3.05, 3.63) is 35.1 Å². The minimum Gasteiger partial charge on any atom is -0.392 e. The molecule has 0 saturated heterocycles. The molecule has 0 aliphatic heterocycles. The summed E-state index contributed by atoms with van der Waals surface area (Å²) in [4.78, 5) is 0. The van der Waals surface area contributed by atoms with Crippen LogP contribution in [-0.4, -0.2) is 5.11 Å². The fraction of sp³-hybridized carbons (Fsp3) is 0.455. The highest BCUT2D eigenvalue weighted by Gasteiger charge is 2.29. The van der Waals surface area contributed by atoms with Gasteiger partial charge in [-0.3, -0.25) is 0 Å². The van der Waals surface area contributed by atoms with Crippen LogP contribution in [0.4, 0.5) is 4.39 Å². The second-order valence-electron chi connectivity index (χ2n) is 3.87. The third kappa shape index (κ3) is 1.79. The third-order valence-corrected chi connectivity index (χ3v) is 2.75. The minimum atomic E-state index is -0.362. The van der Waals surface area contributed by atoms with E-state index in [0.29, 0.717) is 11.5 Å². The summed E-state index contributed by atoms with van der Waals surface area (Å²) in [6, 6.07) is 4.75. The summed E-state index contributed by atoms with van der Waals surface area (Å²) >= 11 is 0. The molecule has 1 saturated carbocycles. The molecule has 1 atom stereocenters. The number of aliphatic hydroxyl groups excluding tert-OH is 1. The molecule has 14 heavy (non-hydrogen) atoms. The molecule has 0 bridgehead atoms. The van der Waals surface area contributed by atoms with Crippen molar-refractivity contribution in [3.63, 3.8) is 0 Å². The average Bonchev–Trinajstić information content (AvgIpc) is 3.01. The molecular formula is C11H14FNO. The SMILES string of the molecule is NC(c1ccc(F)c(CO)c1)C1CC1. The molecule has 1 aliphatic carbocycles. The van der Waals surface area contributed by atoms with E-state index < -0.39 is 0 Å². The zero-order chi connectivity index (χ0) is 10.1. The van der Waals surface area contributed by atoms with E-state index in [1.807, 2.05) is 0 Å². The Bertz CT molecular complexity index is 336. The number of nitrogens with two attached hydrogens (primary N) is 1. The Morgan fingerprint density at radius 2 is 2.21 bits per heavy atom. The largest absolute Gasteiger partial charge is 0.392 e. The van der Waals surface area contributed by atoms with Gasteiger partial charge in [-0.1, -0.05) is 6.07 Å². The van der Waals surface area contributed by atoms with E-state index in [1.54, 1.807) is 12.1 Å². The minimum absolute atomic E-state index is 0.000833. The van der Waals surface area contributed by atoms with Gasteiger partial charge in [0.05, 0.1) is 6.61 Å². The lowest BCUT2D eigenvalue weighted by molar-refractivity contribution is 0.275. The molecule has 0 amide bonds. The molecule has 0 aromatic heterocycles. The van der Waals surface area contributed by atoms with Crippen LogP contribution in [0.15, 0.2) is 18.2 Å². The van der Waals surface area contributed by atoms with Gasteiger partial charge in [-0.25, -0.2) is 4.39 Å². The number of benzene rings is 1. The zero-order valence-corrected chi connectivity index (χ0v) is 7.91. The maximum Gasteiger partial charge on any atom is 0.128 e. The Morgan fingerprint density at radius 1 is 1.50 bits per heavy atom. The first-order chi connectivity index (χ1) is 6.72. The van der Waals surface area contributed by atoms with Gasteiger partial charge >= 0.3 is 0 Å². The first kappa shape index (κ1) is 9.62. The molecule has 2 rings (SSSR count). The summed E-state index contributed by atoms with van der Waals surface area (Å²) in [5.74, 6) is 0.186. The Labute approximate surface area is 82.5 Å². The maximum absolute atomic E-state index is 13.0. The Balaban J connectivity index is 2.25. The van der Waals surface area contributed by atoms with Crippen molar-refractivity contribution in [2.45, 2.75) is 25.5 Å². The van der Waals surface area contributed by atoms with Gasteiger partial charge in [0.25, 0.3) is 0 Å². The Kier molecular flexibility index (Phi) is 2.52. The molecule has 1 aliphatic rings. The Hall–Kier alpha value is -0.930. The van der Waals surface area contributed by atoms with Crippen molar-refractivity contribution < 1.29 is 9.50 Å². The molecule has 0 heterocycles. The van der Waals surface area contributed by atoms with Gasteiger partial charge in [0.1, 0.15) is 5.82 Å². The standard InChI is InChI=1S/C11H14FNO/c12-10-4-3-8(5-9(10)6-14)11(13)7-1-2-7/h3-5,7,11,14H,1-2,6,13H2. The molecule has 0 spiro atoms. The maximum atomic E-state index is 13.0. The van der Waals surface area contributed by atoms with Crippen molar-refractivity contribution in [3.8, 4) is 0 Å². The topological polar surface area (TPSA) is 46.2 Å². The van der Waals surface area contributed by atoms with E-state index in [4.69, 9.17) is 10.8 Å². The second kappa shape index (κ2) is 3.67. The highest BCUT2D eigenvalue weighted by molar-refractivity contribution is 5.28. The molecule has 2 nitrogen and oxygen atoms in total. The number of hydrogen-bond donors (Lipinski definition) is 2. The van der Waals surface area contributed by atoms with Crippen molar-refractivity contribution in [2.24, 2.45) is 11.7 Å². The lowest BCUT2D eigenvalue weighted by Crippen LogP contribution is -2.12. The van der Waals surface area contributed by atoms with E-state index in [9.17, 15) is 4.39 Å². The van der Waals surface area contributed by atoms with Gasteiger partial charge in [0, 0.05) is 11.6 Å². The smallest absolute Gasteiger partial charge is 0.128 e. The quantitative estimate of drug-likeness (QED) is 0.771. The van der Waals surface area contributed by atoms with Crippen molar-refractivity contribution in [2.75, 3.05) is 0 Å². The number of rotatable bonds is 3. The molecule has 76 valence electrons. The predicted octanol–water partition coefficient (Wildman–Crippen LogP) is 1.73. The molecule has 1 unspecified atom stereocenters. The van der Waals surface area contributed by atoms with Gasteiger partial charge in [-0.2, -0.15) is 0 Å². The molecule has 1 aromatic rings. The van der Waals surface area contributed by atoms with E-state index in [0.717, 1.165) is 18.4 Å². The van der Waals surface area contributed by atoms with Gasteiger partial charge in [0.15, 0.2) is 0 Å². The van der Waals surface area contributed by atoms with Crippen molar-refractivity contribution in [1.29, 1.82) is 0 Å². The molecular weight excluding hydrogens is 181 g/mol. The summed E-state index contributed by atoms with van der Waals surface area (Å²) in [6.45, 7) is -0.267. The normalized spacial score (nSPS) is 18.2. The fourth-order valence-corrected chi connectivity index (χ4v) is 1.65. The van der Waals surface area contributed by atoms with Crippen LogP contribution < -0.4 is 5.73 Å². The van der Waals surface area contributed by atoms with Crippen LogP contribution in [-0.2, 0) is 6.61 Å².